The number of nitrogens with one attached hydrogen (secondary N) is 2. The summed E-state index contributed by atoms with van der Waals surface area (Å²) in [5.74, 6) is 0.461. The van der Waals surface area contributed by atoms with Crippen LogP contribution in [0.3, 0.4) is 0 Å². The molecule has 0 bridgehead atoms. The van der Waals surface area contributed by atoms with Crippen molar-refractivity contribution in [3.8, 4) is 6.01 Å². The van der Waals surface area contributed by atoms with E-state index in [-0.39, 0.29) is 12.6 Å². The van der Waals surface area contributed by atoms with Crippen LogP contribution in [0.25, 0.3) is 0 Å². The van der Waals surface area contributed by atoms with Crippen LogP contribution >= 0.6 is 11.6 Å². The molecule has 0 unspecified atom stereocenters. The van der Waals surface area contributed by atoms with Crippen LogP contribution in [0.5, 0.6) is 6.01 Å². The van der Waals surface area contributed by atoms with E-state index >= 15 is 0 Å². The predicted octanol–water partition coefficient (Wildman–Crippen LogP) is 3.21. The zero-order valence-electron chi connectivity index (χ0n) is 14.0. The molecule has 0 saturated heterocycles. The molecule has 2 N–H and O–H groups in total. The van der Waals surface area contributed by atoms with Crippen LogP contribution < -0.4 is 10.1 Å². The summed E-state index contributed by atoms with van der Waals surface area (Å²) < 4.78 is 24.0. The van der Waals surface area contributed by atoms with Crippen molar-refractivity contribution in [3.05, 3.63) is 52.8 Å². The van der Waals surface area contributed by atoms with Gasteiger partial charge >= 0.3 is 6.01 Å². The number of rotatable bonds is 7. The predicted molar refractivity (Wildman–Crippen MR) is 93.1 cm³/mol. The lowest BCUT2D eigenvalue weighted by molar-refractivity contribution is 0.0717. The number of H-pyrrole nitrogens is 1. The Bertz CT molecular complexity index is 873. The van der Waals surface area contributed by atoms with E-state index in [9.17, 15) is 4.39 Å². The van der Waals surface area contributed by atoms with Crippen molar-refractivity contribution in [2.45, 2.75) is 13.0 Å². The van der Waals surface area contributed by atoms with Crippen LogP contribution in [0.4, 0.5) is 16.0 Å². The number of hydrogen-bond acceptors (Lipinski definition) is 7. The third-order valence-corrected chi connectivity index (χ3v) is 3.60. The maximum absolute atomic E-state index is 13.1. The Labute approximate surface area is 153 Å². The fourth-order valence-corrected chi connectivity index (χ4v) is 2.27. The van der Waals surface area contributed by atoms with Crippen LogP contribution in [-0.2, 0) is 4.74 Å². The van der Waals surface area contributed by atoms with Crippen LogP contribution in [0.15, 0.2) is 30.6 Å². The Kier molecular flexibility index (Phi) is 5.59. The Morgan fingerprint density at radius 3 is 2.81 bits per heavy atom. The molecule has 0 fully saturated rings. The molecule has 0 aliphatic rings. The van der Waals surface area contributed by atoms with Gasteiger partial charge in [0, 0.05) is 18.9 Å². The van der Waals surface area contributed by atoms with Gasteiger partial charge in [-0.25, -0.2) is 9.37 Å². The first-order valence-electron chi connectivity index (χ1n) is 7.64. The molecular formula is C16H16ClFN6O2. The quantitative estimate of drug-likeness (QED) is 0.651. The average molecular weight is 379 g/mol. The van der Waals surface area contributed by atoms with Gasteiger partial charge in [0.25, 0.3) is 0 Å². The Morgan fingerprint density at radius 1 is 1.31 bits per heavy atom. The number of methoxy groups -OCH3 is 1. The number of anilines is 2. The van der Waals surface area contributed by atoms with E-state index in [0.29, 0.717) is 22.4 Å². The smallest absolute Gasteiger partial charge is 0.319 e. The summed E-state index contributed by atoms with van der Waals surface area (Å²) >= 11 is 6.13. The van der Waals surface area contributed by atoms with Crippen molar-refractivity contribution >= 4 is 23.2 Å². The van der Waals surface area contributed by atoms with Gasteiger partial charge in [-0.2, -0.15) is 10.1 Å². The second-order valence-corrected chi connectivity index (χ2v) is 5.78. The molecule has 3 rings (SSSR count). The van der Waals surface area contributed by atoms with E-state index in [2.05, 4.69) is 30.5 Å². The standard InChI is InChI=1S/C16H16ClFN6O2/c1-9-5-14(24-23-9)21-15-11(17)7-20-16(22-15)26-13(8-25-2)12-4-3-10(18)6-19-12/h3-7,13H,8H2,1-2H3,(H2,20,21,22,23,24)/t13-/m1/s1. The van der Waals surface area contributed by atoms with Gasteiger partial charge < -0.3 is 14.8 Å². The number of nitrogens with zero attached hydrogens (tertiary/aromatic N) is 4. The van der Waals surface area contributed by atoms with Crippen LogP contribution in [0, 0.1) is 12.7 Å². The van der Waals surface area contributed by atoms with E-state index in [1.807, 2.05) is 6.92 Å². The van der Waals surface area contributed by atoms with Crippen molar-refractivity contribution in [2.24, 2.45) is 0 Å². The molecule has 3 aromatic heterocycles. The monoisotopic (exact) mass is 378 g/mol. The highest BCUT2D eigenvalue weighted by Crippen LogP contribution is 2.26. The minimum atomic E-state index is -0.609. The van der Waals surface area contributed by atoms with Crippen molar-refractivity contribution < 1.29 is 13.9 Å². The molecule has 26 heavy (non-hydrogen) atoms. The van der Waals surface area contributed by atoms with Crippen LogP contribution in [0.2, 0.25) is 5.02 Å². The number of pyridine rings is 1. The molecule has 3 heterocycles. The summed E-state index contributed by atoms with van der Waals surface area (Å²) in [6.07, 6.45) is 1.91. The van der Waals surface area contributed by atoms with E-state index < -0.39 is 11.9 Å². The number of halogens is 2. The molecule has 0 amide bonds. The van der Waals surface area contributed by atoms with Gasteiger partial charge in [0.2, 0.25) is 0 Å². The lowest BCUT2D eigenvalue weighted by Crippen LogP contribution is -2.16. The summed E-state index contributed by atoms with van der Waals surface area (Å²) in [5.41, 5.74) is 1.38. The van der Waals surface area contributed by atoms with Crippen molar-refractivity contribution in [1.29, 1.82) is 0 Å². The maximum atomic E-state index is 13.1. The first kappa shape index (κ1) is 18.0. The number of hydrogen-bond donors (Lipinski definition) is 2. The van der Waals surface area contributed by atoms with E-state index in [1.165, 1.54) is 25.4 Å². The highest BCUT2D eigenvalue weighted by atomic mass is 35.5. The second-order valence-electron chi connectivity index (χ2n) is 5.37. The number of aromatic amines is 1. The summed E-state index contributed by atoms with van der Waals surface area (Å²) in [5, 5.41) is 10.2. The second kappa shape index (κ2) is 8.07. The summed E-state index contributed by atoms with van der Waals surface area (Å²) in [6.45, 7) is 2.06. The minimum Gasteiger partial charge on any atom is -0.451 e. The van der Waals surface area contributed by atoms with Crippen molar-refractivity contribution in [1.82, 2.24) is 25.1 Å². The Hall–Kier alpha value is -2.78. The molecule has 0 radical (unpaired) electrons. The molecular weight excluding hydrogens is 363 g/mol. The summed E-state index contributed by atoms with van der Waals surface area (Å²) in [6, 6.07) is 4.68. The zero-order chi connectivity index (χ0) is 18.5. The van der Waals surface area contributed by atoms with Gasteiger partial charge in [-0.1, -0.05) is 11.6 Å². The SMILES string of the molecule is COC[C@@H](Oc1ncc(Cl)c(Nc2cc(C)[nH]n2)n1)c1ccc(F)cn1. The molecule has 136 valence electrons. The van der Waals surface area contributed by atoms with E-state index in [1.54, 1.807) is 6.07 Å². The highest BCUT2D eigenvalue weighted by molar-refractivity contribution is 6.32. The highest BCUT2D eigenvalue weighted by Gasteiger charge is 2.18. The van der Waals surface area contributed by atoms with Crippen molar-refractivity contribution in [3.63, 3.8) is 0 Å². The van der Waals surface area contributed by atoms with E-state index in [0.717, 1.165) is 11.9 Å². The van der Waals surface area contributed by atoms with Gasteiger partial charge in [0.15, 0.2) is 17.7 Å². The lowest BCUT2D eigenvalue weighted by atomic mass is 10.2. The Morgan fingerprint density at radius 2 is 2.15 bits per heavy atom. The molecule has 10 heteroatoms. The summed E-state index contributed by atoms with van der Waals surface area (Å²) in [7, 11) is 1.52. The lowest BCUT2D eigenvalue weighted by Gasteiger charge is -2.17. The third-order valence-electron chi connectivity index (χ3n) is 3.32. The van der Waals surface area contributed by atoms with Crippen LogP contribution in [0.1, 0.15) is 17.5 Å². The molecule has 8 nitrogen and oxygen atoms in total. The normalized spacial score (nSPS) is 12.0. The number of aryl methyl sites for hydroxylation is 1. The third kappa shape index (κ3) is 4.44. The molecule has 0 aliphatic heterocycles. The maximum Gasteiger partial charge on any atom is 0.319 e. The molecule has 0 spiro atoms. The first-order valence-corrected chi connectivity index (χ1v) is 8.01. The Balaban J connectivity index is 1.80. The fraction of sp³-hybridized carbons (Fsp3) is 0.250. The van der Waals surface area contributed by atoms with Crippen molar-refractivity contribution in [2.75, 3.05) is 19.0 Å². The zero-order valence-corrected chi connectivity index (χ0v) is 14.8. The van der Waals surface area contributed by atoms with Crippen LogP contribution in [-0.4, -0.2) is 38.9 Å². The van der Waals surface area contributed by atoms with Gasteiger partial charge in [-0.3, -0.25) is 10.1 Å². The van der Waals surface area contributed by atoms with Gasteiger partial charge in [-0.05, 0) is 19.1 Å². The topological polar surface area (TPSA) is 97.8 Å². The molecule has 0 aromatic carbocycles. The van der Waals surface area contributed by atoms with Gasteiger partial charge in [0.1, 0.15) is 10.8 Å². The molecule has 0 aliphatic carbocycles. The average Bonchev–Trinajstić information content (AvgIpc) is 3.03. The number of aromatic nitrogens is 5. The molecule has 3 aromatic rings. The first-order chi connectivity index (χ1) is 12.5. The number of ether oxygens (including phenoxy) is 2. The van der Waals surface area contributed by atoms with E-state index in [4.69, 9.17) is 21.1 Å². The fourth-order valence-electron chi connectivity index (χ4n) is 2.13. The molecule has 0 saturated carbocycles. The van der Waals surface area contributed by atoms with Gasteiger partial charge in [0.05, 0.1) is 24.7 Å². The summed E-state index contributed by atoms with van der Waals surface area (Å²) in [4.78, 5) is 12.3. The minimum absolute atomic E-state index is 0.0670. The largest absolute Gasteiger partial charge is 0.451 e. The molecule has 1 atom stereocenters. The van der Waals surface area contributed by atoms with Gasteiger partial charge in [-0.15, -0.1) is 0 Å².